The Morgan fingerprint density at radius 1 is 1.56 bits per heavy atom. The highest BCUT2D eigenvalue weighted by Gasteiger charge is 2.23. The molecule has 3 rings (SSSR count). The van der Waals surface area contributed by atoms with Gasteiger partial charge in [0.2, 0.25) is 5.95 Å². The topological polar surface area (TPSA) is 102 Å². The van der Waals surface area contributed by atoms with Gasteiger partial charge < -0.3 is 20.8 Å². The zero-order valence-electron chi connectivity index (χ0n) is 10.2. The molecule has 0 aromatic carbocycles. The summed E-state index contributed by atoms with van der Waals surface area (Å²) in [5.74, 6) is 0.898. The number of ether oxygens (including phenoxy) is 1. The van der Waals surface area contributed by atoms with Crippen LogP contribution in [0.3, 0.4) is 0 Å². The van der Waals surface area contributed by atoms with Crippen molar-refractivity contribution in [3.05, 3.63) is 6.33 Å². The zero-order valence-corrected chi connectivity index (χ0v) is 10.2. The van der Waals surface area contributed by atoms with Crippen molar-refractivity contribution in [3.8, 4) is 0 Å². The molecule has 3 heterocycles. The second kappa shape index (κ2) is 4.41. The molecule has 0 amide bonds. The summed E-state index contributed by atoms with van der Waals surface area (Å²) in [6, 6.07) is 0.174. The number of H-pyrrole nitrogens is 1. The van der Waals surface area contributed by atoms with E-state index in [4.69, 9.17) is 10.5 Å². The summed E-state index contributed by atoms with van der Waals surface area (Å²) < 4.78 is 5.65. The Hall–Kier alpha value is -1.89. The Morgan fingerprint density at radius 3 is 3.22 bits per heavy atom. The second-order valence-corrected chi connectivity index (χ2v) is 4.52. The summed E-state index contributed by atoms with van der Waals surface area (Å²) in [5.41, 5.74) is 7.01. The summed E-state index contributed by atoms with van der Waals surface area (Å²) in [4.78, 5) is 15.4. The van der Waals surface area contributed by atoms with Crippen LogP contribution >= 0.6 is 0 Å². The maximum atomic E-state index is 5.67. The SMILES string of the molecule is CC(Nc1nc(N)nc2nc[nH]c12)C1CCCO1. The van der Waals surface area contributed by atoms with Crippen LogP contribution in [-0.4, -0.2) is 38.7 Å². The van der Waals surface area contributed by atoms with E-state index in [0.29, 0.717) is 11.5 Å². The van der Waals surface area contributed by atoms with Crippen LogP contribution in [0.2, 0.25) is 0 Å². The lowest BCUT2D eigenvalue weighted by molar-refractivity contribution is 0.0996. The van der Waals surface area contributed by atoms with Crippen molar-refractivity contribution in [1.29, 1.82) is 0 Å². The second-order valence-electron chi connectivity index (χ2n) is 4.52. The fourth-order valence-electron chi connectivity index (χ4n) is 2.26. The average molecular weight is 248 g/mol. The van der Waals surface area contributed by atoms with Gasteiger partial charge in [-0.3, -0.25) is 0 Å². The van der Waals surface area contributed by atoms with Gasteiger partial charge in [-0.15, -0.1) is 0 Å². The van der Waals surface area contributed by atoms with E-state index in [1.807, 2.05) is 0 Å². The lowest BCUT2D eigenvalue weighted by atomic mass is 10.1. The fraction of sp³-hybridized carbons (Fsp3) is 0.545. The standard InChI is InChI=1S/C11H16N6O/c1-6(7-3-2-4-18-7)15-10-8-9(14-5-13-8)16-11(12)17-10/h5-7H,2-4H2,1H3,(H4,12,13,14,15,16,17). The van der Waals surface area contributed by atoms with Crippen molar-refractivity contribution in [3.63, 3.8) is 0 Å². The molecule has 96 valence electrons. The Kier molecular flexibility index (Phi) is 2.75. The zero-order chi connectivity index (χ0) is 12.5. The number of anilines is 2. The molecule has 0 spiro atoms. The number of nitrogen functional groups attached to an aromatic ring is 1. The van der Waals surface area contributed by atoms with E-state index >= 15 is 0 Å². The molecule has 18 heavy (non-hydrogen) atoms. The smallest absolute Gasteiger partial charge is 0.224 e. The Bertz CT molecular complexity index is 547. The Balaban J connectivity index is 1.86. The molecule has 2 aromatic heterocycles. The first kappa shape index (κ1) is 11.2. The minimum atomic E-state index is 0.174. The van der Waals surface area contributed by atoms with E-state index < -0.39 is 0 Å². The molecule has 2 aromatic rings. The number of rotatable bonds is 3. The Labute approximate surface area is 104 Å². The number of aromatic amines is 1. The van der Waals surface area contributed by atoms with Gasteiger partial charge in [-0.05, 0) is 19.8 Å². The van der Waals surface area contributed by atoms with Crippen LogP contribution in [0.15, 0.2) is 6.33 Å². The third kappa shape index (κ3) is 1.97. The van der Waals surface area contributed by atoms with Crippen molar-refractivity contribution >= 4 is 22.9 Å². The van der Waals surface area contributed by atoms with Gasteiger partial charge in [0.25, 0.3) is 0 Å². The first-order valence-electron chi connectivity index (χ1n) is 6.09. The number of nitrogens with zero attached hydrogens (tertiary/aromatic N) is 3. The van der Waals surface area contributed by atoms with Gasteiger partial charge in [-0.2, -0.15) is 9.97 Å². The van der Waals surface area contributed by atoms with Crippen LogP contribution in [0.1, 0.15) is 19.8 Å². The molecule has 1 aliphatic heterocycles. The van der Waals surface area contributed by atoms with Crippen LogP contribution in [0.25, 0.3) is 11.2 Å². The number of nitrogens with two attached hydrogens (primary N) is 1. The van der Waals surface area contributed by atoms with E-state index in [9.17, 15) is 0 Å². The van der Waals surface area contributed by atoms with Crippen molar-refractivity contribution in [2.45, 2.75) is 31.9 Å². The largest absolute Gasteiger partial charge is 0.376 e. The number of nitrogens with one attached hydrogen (secondary N) is 2. The van der Waals surface area contributed by atoms with Gasteiger partial charge in [0, 0.05) is 6.61 Å². The van der Waals surface area contributed by atoms with Gasteiger partial charge in [0.1, 0.15) is 5.52 Å². The average Bonchev–Trinajstić information content (AvgIpc) is 2.98. The number of hydrogen-bond donors (Lipinski definition) is 3. The molecule has 1 aliphatic rings. The third-order valence-electron chi connectivity index (χ3n) is 3.19. The van der Waals surface area contributed by atoms with E-state index in [1.54, 1.807) is 6.33 Å². The highest BCUT2D eigenvalue weighted by Crippen LogP contribution is 2.22. The quantitative estimate of drug-likeness (QED) is 0.746. The van der Waals surface area contributed by atoms with Gasteiger partial charge in [0.05, 0.1) is 18.5 Å². The molecule has 1 saturated heterocycles. The molecular weight excluding hydrogens is 232 g/mol. The molecule has 0 bridgehead atoms. The maximum absolute atomic E-state index is 5.67. The molecular formula is C11H16N6O. The minimum Gasteiger partial charge on any atom is -0.376 e. The molecule has 1 fully saturated rings. The molecule has 0 radical (unpaired) electrons. The summed E-state index contributed by atoms with van der Waals surface area (Å²) in [5, 5.41) is 3.33. The number of fused-ring (bicyclic) bond motifs is 1. The molecule has 4 N–H and O–H groups in total. The predicted octanol–water partition coefficient (Wildman–Crippen LogP) is 0.914. The summed E-state index contributed by atoms with van der Waals surface area (Å²) in [6.07, 6.45) is 3.99. The van der Waals surface area contributed by atoms with Crippen LogP contribution in [0, 0.1) is 0 Å². The summed E-state index contributed by atoms with van der Waals surface area (Å²) >= 11 is 0. The van der Waals surface area contributed by atoms with Crippen LogP contribution in [0.5, 0.6) is 0 Å². The van der Waals surface area contributed by atoms with E-state index in [-0.39, 0.29) is 18.1 Å². The van der Waals surface area contributed by atoms with E-state index in [1.165, 1.54) is 0 Å². The van der Waals surface area contributed by atoms with Gasteiger partial charge >= 0.3 is 0 Å². The lowest BCUT2D eigenvalue weighted by Crippen LogP contribution is -2.30. The fourth-order valence-corrected chi connectivity index (χ4v) is 2.26. The number of hydrogen-bond acceptors (Lipinski definition) is 6. The Morgan fingerprint density at radius 2 is 2.44 bits per heavy atom. The summed E-state index contributed by atoms with van der Waals surface area (Å²) in [7, 11) is 0. The maximum Gasteiger partial charge on any atom is 0.224 e. The van der Waals surface area contributed by atoms with Crippen LogP contribution in [0.4, 0.5) is 11.8 Å². The molecule has 2 unspecified atom stereocenters. The minimum absolute atomic E-state index is 0.174. The van der Waals surface area contributed by atoms with Crippen LogP contribution < -0.4 is 11.1 Å². The first-order valence-corrected chi connectivity index (χ1v) is 6.09. The highest BCUT2D eigenvalue weighted by atomic mass is 16.5. The number of aromatic nitrogens is 4. The number of imidazole rings is 1. The molecule has 2 atom stereocenters. The predicted molar refractivity (Wildman–Crippen MR) is 68.2 cm³/mol. The highest BCUT2D eigenvalue weighted by molar-refractivity contribution is 5.83. The molecule has 7 nitrogen and oxygen atoms in total. The molecule has 7 heteroatoms. The van der Waals surface area contributed by atoms with Crippen LogP contribution in [-0.2, 0) is 4.74 Å². The third-order valence-corrected chi connectivity index (χ3v) is 3.19. The van der Waals surface area contributed by atoms with Gasteiger partial charge in [-0.25, -0.2) is 4.98 Å². The van der Waals surface area contributed by atoms with Crippen molar-refractivity contribution < 1.29 is 4.74 Å². The van der Waals surface area contributed by atoms with E-state index in [0.717, 1.165) is 25.0 Å². The molecule has 0 aliphatic carbocycles. The summed E-state index contributed by atoms with van der Waals surface area (Å²) in [6.45, 7) is 2.92. The van der Waals surface area contributed by atoms with Gasteiger partial charge in [-0.1, -0.05) is 0 Å². The van der Waals surface area contributed by atoms with Crippen molar-refractivity contribution in [1.82, 2.24) is 19.9 Å². The van der Waals surface area contributed by atoms with Gasteiger partial charge in [0.15, 0.2) is 11.5 Å². The first-order chi connectivity index (χ1) is 8.74. The monoisotopic (exact) mass is 248 g/mol. The molecule has 0 saturated carbocycles. The van der Waals surface area contributed by atoms with Crippen molar-refractivity contribution in [2.75, 3.05) is 17.7 Å². The normalized spacial score (nSPS) is 21.3. The van der Waals surface area contributed by atoms with Crippen molar-refractivity contribution in [2.24, 2.45) is 0 Å². The lowest BCUT2D eigenvalue weighted by Gasteiger charge is -2.20. The van der Waals surface area contributed by atoms with E-state index in [2.05, 4.69) is 32.2 Å².